The SMILES string of the molecule is COCc1cc(COc2ccc(C(C)(C)C)cc2)no1. The second-order valence-corrected chi connectivity index (χ2v) is 5.78. The third-order valence-corrected chi connectivity index (χ3v) is 3.00. The fraction of sp³-hybridized carbons (Fsp3) is 0.438. The lowest BCUT2D eigenvalue weighted by Gasteiger charge is -2.19. The van der Waals surface area contributed by atoms with Crippen LogP contribution in [0.25, 0.3) is 0 Å². The van der Waals surface area contributed by atoms with Crippen molar-refractivity contribution in [2.45, 2.75) is 39.4 Å². The van der Waals surface area contributed by atoms with Crippen molar-refractivity contribution in [3.63, 3.8) is 0 Å². The molecule has 2 aromatic rings. The Bertz CT molecular complexity index is 538. The first-order chi connectivity index (χ1) is 9.49. The van der Waals surface area contributed by atoms with Crippen molar-refractivity contribution in [3.8, 4) is 5.75 Å². The summed E-state index contributed by atoms with van der Waals surface area (Å²) in [4.78, 5) is 0. The van der Waals surface area contributed by atoms with Gasteiger partial charge < -0.3 is 14.0 Å². The standard InChI is InChI=1S/C16H21NO3/c1-16(2,3)12-5-7-14(8-6-12)19-10-13-9-15(11-18-4)20-17-13/h5-9H,10-11H2,1-4H3. The lowest BCUT2D eigenvalue weighted by atomic mass is 9.87. The Balaban J connectivity index is 1.93. The Kier molecular flexibility index (Phi) is 4.45. The number of aromatic nitrogens is 1. The largest absolute Gasteiger partial charge is 0.487 e. The van der Waals surface area contributed by atoms with E-state index in [-0.39, 0.29) is 5.41 Å². The van der Waals surface area contributed by atoms with Gasteiger partial charge in [0, 0.05) is 13.2 Å². The number of ether oxygens (including phenoxy) is 2. The van der Waals surface area contributed by atoms with E-state index in [1.54, 1.807) is 7.11 Å². The molecule has 1 aromatic carbocycles. The minimum absolute atomic E-state index is 0.152. The van der Waals surface area contributed by atoms with Crippen molar-refractivity contribution in [3.05, 3.63) is 47.3 Å². The summed E-state index contributed by atoms with van der Waals surface area (Å²) < 4.78 is 15.8. The predicted molar refractivity (Wildman–Crippen MR) is 76.7 cm³/mol. The maximum atomic E-state index is 5.69. The first-order valence-corrected chi connectivity index (χ1v) is 6.66. The van der Waals surface area contributed by atoms with Crippen LogP contribution in [0.3, 0.4) is 0 Å². The molecule has 0 N–H and O–H groups in total. The molecule has 108 valence electrons. The third-order valence-electron chi connectivity index (χ3n) is 3.00. The molecule has 0 atom stereocenters. The summed E-state index contributed by atoms with van der Waals surface area (Å²) in [7, 11) is 1.62. The summed E-state index contributed by atoms with van der Waals surface area (Å²) in [6.07, 6.45) is 0. The lowest BCUT2D eigenvalue weighted by molar-refractivity contribution is 0.155. The van der Waals surface area contributed by atoms with Gasteiger partial charge in [-0.3, -0.25) is 0 Å². The molecule has 1 aromatic heterocycles. The van der Waals surface area contributed by atoms with Gasteiger partial charge in [-0.15, -0.1) is 0 Å². The summed E-state index contributed by atoms with van der Waals surface area (Å²) in [5, 5.41) is 3.93. The van der Waals surface area contributed by atoms with Gasteiger partial charge in [0.05, 0.1) is 0 Å². The fourth-order valence-corrected chi connectivity index (χ4v) is 1.84. The first-order valence-electron chi connectivity index (χ1n) is 6.66. The van der Waals surface area contributed by atoms with Crippen LogP contribution in [-0.2, 0) is 23.4 Å². The van der Waals surface area contributed by atoms with Gasteiger partial charge in [-0.05, 0) is 23.1 Å². The Labute approximate surface area is 119 Å². The predicted octanol–water partition coefficient (Wildman–Crippen LogP) is 3.70. The molecular formula is C16H21NO3. The van der Waals surface area contributed by atoms with Gasteiger partial charge >= 0.3 is 0 Å². The summed E-state index contributed by atoms with van der Waals surface area (Å²) >= 11 is 0. The smallest absolute Gasteiger partial charge is 0.162 e. The quantitative estimate of drug-likeness (QED) is 0.834. The van der Waals surface area contributed by atoms with Gasteiger partial charge in [0.2, 0.25) is 0 Å². The lowest BCUT2D eigenvalue weighted by Crippen LogP contribution is -2.10. The van der Waals surface area contributed by atoms with E-state index < -0.39 is 0 Å². The molecule has 0 unspecified atom stereocenters. The minimum atomic E-state index is 0.152. The van der Waals surface area contributed by atoms with Crippen LogP contribution in [0.2, 0.25) is 0 Å². The van der Waals surface area contributed by atoms with E-state index in [0.717, 1.165) is 11.4 Å². The molecule has 20 heavy (non-hydrogen) atoms. The van der Waals surface area contributed by atoms with Crippen molar-refractivity contribution in [2.75, 3.05) is 7.11 Å². The van der Waals surface area contributed by atoms with E-state index in [1.165, 1.54) is 5.56 Å². The number of hydrogen-bond acceptors (Lipinski definition) is 4. The molecule has 0 amide bonds. The van der Waals surface area contributed by atoms with E-state index in [2.05, 4.69) is 38.1 Å². The summed E-state index contributed by atoms with van der Waals surface area (Å²) in [6.45, 7) is 7.39. The third kappa shape index (κ3) is 3.84. The van der Waals surface area contributed by atoms with Crippen LogP contribution < -0.4 is 4.74 Å². The van der Waals surface area contributed by atoms with Crippen LogP contribution in [0, 0.1) is 0 Å². The second-order valence-electron chi connectivity index (χ2n) is 5.78. The first kappa shape index (κ1) is 14.6. The average molecular weight is 275 g/mol. The van der Waals surface area contributed by atoms with E-state index in [9.17, 15) is 0 Å². The molecule has 4 nitrogen and oxygen atoms in total. The summed E-state index contributed by atoms with van der Waals surface area (Å²) in [5.41, 5.74) is 2.20. The molecule has 0 aliphatic carbocycles. The van der Waals surface area contributed by atoms with Crippen molar-refractivity contribution in [2.24, 2.45) is 0 Å². The van der Waals surface area contributed by atoms with Gasteiger partial charge in [-0.1, -0.05) is 38.1 Å². The summed E-state index contributed by atoms with van der Waals surface area (Å²) in [5.74, 6) is 1.53. The Morgan fingerprint density at radius 1 is 1.10 bits per heavy atom. The monoisotopic (exact) mass is 275 g/mol. The molecular weight excluding hydrogens is 254 g/mol. The molecule has 0 aliphatic heterocycles. The molecule has 0 spiro atoms. The molecule has 0 fully saturated rings. The molecule has 0 saturated carbocycles. The number of methoxy groups -OCH3 is 1. The van der Waals surface area contributed by atoms with Crippen molar-refractivity contribution in [1.29, 1.82) is 0 Å². The Morgan fingerprint density at radius 3 is 2.40 bits per heavy atom. The van der Waals surface area contributed by atoms with Gasteiger partial charge in [0.15, 0.2) is 5.76 Å². The summed E-state index contributed by atoms with van der Waals surface area (Å²) in [6, 6.07) is 9.99. The highest BCUT2D eigenvalue weighted by molar-refractivity contribution is 5.31. The molecule has 0 saturated heterocycles. The normalized spacial score (nSPS) is 11.6. The average Bonchev–Trinajstić information content (AvgIpc) is 2.84. The maximum absolute atomic E-state index is 5.69. The zero-order valence-corrected chi connectivity index (χ0v) is 12.5. The highest BCUT2D eigenvalue weighted by Crippen LogP contribution is 2.24. The van der Waals surface area contributed by atoms with Crippen LogP contribution >= 0.6 is 0 Å². The minimum Gasteiger partial charge on any atom is -0.487 e. The van der Waals surface area contributed by atoms with Crippen LogP contribution in [0.15, 0.2) is 34.9 Å². The van der Waals surface area contributed by atoms with Gasteiger partial charge in [-0.25, -0.2) is 0 Å². The van der Waals surface area contributed by atoms with Gasteiger partial charge in [0.25, 0.3) is 0 Å². The van der Waals surface area contributed by atoms with Crippen LogP contribution in [0.4, 0.5) is 0 Å². The van der Waals surface area contributed by atoms with Crippen LogP contribution in [0.5, 0.6) is 5.75 Å². The molecule has 2 rings (SSSR count). The molecule has 0 bridgehead atoms. The van der Waals surface area contributed by atoms with Gasteiger partial charge in [0.1, 0.15) is 24.7 Å². The molecule has 4 heteroatoms. The zero-order valence-electron chi connectivity index (χ0n) is 12.5. The molecule has 1 heterocycles. The maximum Gasteiger partial charge on any atom is 0.162 e. The Hall–Kier alpha value is -1.81. The number of rotatable bonds is 5. The molecule has 0 aliphatic rings. The Morgan fingerprint density at radius 2 is 1.80 bits per heavy atom. The molecule has 0 radical (unpaired) electrons. The number of hydrogen-bond donors (Lipinski definition) is 0. The highest BCUT2D eigenvalue weighted by Gasteiger charge is 2.13. The number of benzene rings is 1. The van der Waals surface area contributed by atoms with Gasteiger partial charge in [-0.2, -0.15) is 0 Å². The van der Waals surface area contributed by atoms with E-state index in [0.29, 0.717) is 19.0 Å². The van der Waals surface area contributed by atoms with E-state index in [4.69, 9.17) is 14.0 Å². The second kappa shape index (κ2) is 6.09. The fourth-order valence-electron chi connectivity index (χ4n) is 1.84. The van der Waals surface area contributed by atoms with Crippen LogP contribution in [-0.4, -0.2) is 12.3 Å². The van der Waals surface area contributed by atoms with E-state index >= 15 is 0 Å². The van der Waals surface area contributed by atoms with Crippen molar-refractivity contribution >= 4 is 0 Å². The van der Waals surface area contributed by atoms with E-state index in [1.807, 2.05) is 18.2 Å². The van der Waals surface area contributed by atoms with Crippen LogP contribution in [0.1, 0.15) is 37.8 Å². The topological polar surface area (TPSA) is 44.5 Å². The number of nitrogens with zero attached hydrogens (tertiary/aromatic N) is 1. The van der Waals surface area contributed by atoms with Crippen molar-refractivity contribution in [1.82, 2.24) is 5.16 Å². The highest BCUT2D eigenvalue weighted by atomic mass is 16.5. The van der Waals surface area contributed by atoms with Crippen molar-refractivity contribution < 1.29 is 14.0 Å². The zero-order chi connectivity index (χ0) is 14.6.